The first kappa shape index (κ1) is 15.3. The number of rotatable bonds is 5. The van der Waals surface area contributed by atoms with E-state index in [-0.39, 0.29) is 11.9 Å². The molecule has 0 saturated carbocycles. The lowest BCUT2D eigenvalue weighted by Crippen LogP contribution is -2.19. The highest BCUT2D eigenvalue weighted by Gasteiger charge is 2.17. The van der Waals surface area contributed by atoms with Crippen molar-refractivity contribution in [3.8, 4) is 11.5 Å². The number of methoxy groups -OCH3 is 2. The van der Waals surface area contributed by atoms with Crippen LogP contribution in [0.5, 0.6) is 11.5 Å². The average molecular weight is 289 g/mol. The van der Waals surface area contributed by atoms with E-state index in [2.05, 4.69) is 5.32 Å². The largest absolute Gasteiger partial charge is 0.497 e. The maximum Gasteiger partial charge on any atom is 0.132 e. The zero-order valence-electron chi connectivity index (χ0n) is 12.7. The van der Waals surface area contributed by atoms with Crippen LogP contribution in [0.4, 0.5) is 4.39 Å². The lowest BCUT2D eigenvalue weighted by molar-refractivity contribution is 0.410. The Balaban J connectivity index is 2.42. The molecule has 2 rings (SSSR count). The van der Waals surface area contributed by atoms with Gasteiger partial charge in [-0.2, -0.15) is 0 Å². The Morgan fingerprint density at radius 2 is 1.81 bits per heavy atom. The molecule has 0 radical (unpaired) electrons. The maximum atomic E-state index is 14.3. The van der Waals surface area contributed by atoms with E-state index >= 15 is 0 Å². The van der Waals surface area contributed by atoms with E-state index in [4.69, 9.17) is 9.47 Å². The van der Waals surface area contributed by atoms with Crippen molar-refractivity contribution in [3.63, 3.8) is 0 Å². The summed E-state index contributed by atoms with van der Waals surface area (Å²) in [5.41, 5.74) is 2.59. The van der Waals surface area contributed by atoms with E-state index in [1.165, 1.54) is 13.2 Å². The molecule has 2 aromatic carbocycles. The van der Waals surface area contributed by atoms with Crippen molar-refractivity contribution in [1.82, 2.24) is 5.32 Å². The topological polar surface area (TPSA) is 30.5 Å². The minimum Gasteiger partial charge on any atom is -0.497 e. The summed E-state index contributed by atoms with van der Waals surface area (Å²) < 4.78 is 24.6. The van der Waals surface area contributed by atoms with Crippen LogP contribution in [0.3, 0.4) is 0 Å². The molecule has 0 heterocycles. The summed E-state index contributed by atoms with van der Waals surface area (Å²) in [5, 5.41) is 3.16. The number of hydrogen-bond acceptors (Lipinski definition) is 3. The van der Waals surface area contributed by atoms with Gasteiger partial charge in [-0.25, -0.2) is 4.39 Å². The molecule has 2 aromatic rings. The Morgan fingerprint density at radius 3 is 2.33 bits per heavy atom. The highest BCUT2D eigenvalue weighted by atomic mass is 19.1. The van der Waals surface area contributed by atoms with E-state index in [1.807, 2.05) is 32.2 Å². The molecule has 0 aliphatic heterocycles. The lowest BCUT2D eigenvalue weighted by Gasteiger charge is -2.19. The molecule has 1 N–H and O–H groups in total. The molecule has 4 heteroatoms. The third kappa shape index (κ3) is 3.16. The van der Waals surface area contributed by atoms with Crippen molar-refractivity contribution in [2.24, 2.45) is 0 Å². The number of benzene rings is 2. The second-order valence-electron chi connectivity index (χ2n) is 4.84. The third-order valence-electron chi connectivity index (χ3n) is 3.56. The highest BCUT2D eigenvalue weighted by molar-refractivity contribution is 5.42. The van der Waals surface area contributed by atoms with Crippen LogP contribution in [0, 0.1) is 12.7 Å². The summed E-state index contributed by atoms with van der Waals surface area (Å²) in [6, 6.07) is 10.5. The van der Waals surface area contributed by atoms with Crippen molar-refractivity contribution in [1.29, 1.82) is 0 Å². The van der Waals surface area contributed by atoms with Crippen LogP contribution >= 0.6 is 0 Å². The summed E-state index contributed by atoms with van der Waals surface area (Å²) in [6.07, 6.45) is 0. The van der Waals surface area contributed by atoms with Crippen molar-refractivity contribution in [2.75, 3.05) is 21.3 Å². The summed E-state index contributed by atoms with van der Waals surface area (Å²) in [5.74, 6) is 1.04. The zero-order valence-corrected chi connectivity index (χ0v) is 12.7. The van der Waals surface area contributed by atoms with Crippen molar-refractivity contribution in [3.05, 3.63) is 58.9 Å². The number of aryl methyl sites for hydroxylation is 1. The Labute approximate surface area is 124 Å². The third-order valence-corrected chi connectivity index (χ3v) is 3.56. The molecular formula is C17H20FNO2. The van der Waals surface area contributed by atoms with Gasteiger partial charge in [-0.1, -0.05) is 18.2 Å². The molecule has 0 spiro atoms. The molecule has 112 valence electrons. The molecule has 1 unspecified atom stereocenters. The molecule has 0 amide bonds. The second kappa shape index (κ2) is 6.59. The first-order valence-electron chi connectivity index (χ1n) is 6.76. The smallest absolute Gasteiger partial charge is 0.132 e. The first-order chi connectivity index (χ1) is 10.1. The molecule has 0 saturated heterocycles. The van der Waals surface area contributed by atoms with Gasteiger partial charge < -0.3 is 14.8 Å². The predicted molar refractivity (Wildman–Crippen MR) is 81.6 cm³/mol. The van der Waals surface area contributed by atoms with Gasteiger partial charge in [0.2, 0.25) is 0 Å². The van der Waals surface area contributed by atoms with Crippen LogP contribution in [-0.4, -0.2) is 21.3 Å². The molecule has 0 aliphatic rings. The van der Waals surface area contributed by atoms with E-state index in [0.29, 0.717) is 11.3 Å². The maximum absolute atomic E-state index is 14.3. The molecule has 3 nitrogen and oxygen atoms in total. The molecule has 0 fully saturated rings. The summed E-state index contributed by atoms with van der Waals surface area (Å²) >= 11 is 0. The normalized spacial score (nSPS) is 12.0. The Kier molecular flexibility index (Phi) is 4.81. The minimum absolute atomic E-state index is 0.222. The van der Waals surface area contributed by atoms with Crippen LogP contribution in [0.1, 0.15) is 22.7 Å². The Morgan fingerprint density at radius 1 is 1.05 bits per heavy atom. The summed E-state index contributed by atoms with van der Waals surface area (Å²) in [7, 11) is 4.98. The molecular weight excluding hydrogens is 269 g/mol. The van der Waals surface area contributed by atoms with Gasteiger partial charge in [-0.15, -0.1) is 0 Å². The molecule has 21 heavy (non-hydrogen) atoms. The van der Waals surface area contributed by atoms with Gasteiger partial charge in [0.05, 0.1) is 20.3 Å². The zero-order chi connectivity index (χ0) is 15.4. The van der Waals surface area contributed by atoms with E-state index in [0.717, 1.165) is 16.9 Å². The number of nitrogens with one attached hydrogen (secondary N) is 1. The lowest BCUT2D eigenvalue weighted by atomic mass is 9.96. The Bertz CT molecular complexity index is 628. The molecule has 0 aromatic heterocycles. The van der Waals surface area contributed by atoms with Crippen LogP contribution in [0.15, 0.2) is 36.4 Å². The quantitative estimate of drug-likeness (QED) is 0.914. The Hall–Kier alpha value is -2.07. The number of hydrogen-bond donors (Lipinski definition) is 1. The van der Waals surface area contributed by atoms with Crippen molar-refractivity contribution < 1.29 is 13.9 Å². The molecule has 0 aliphatic carbocycles. The van der Waals surface area contributed by atoms with Gasteiger partial charge in [-0.3, -0.25) is 0 Å². The van der Waals surface area contributed by atoms with Gasteiger partial charge in [0, 0.05) is 11.6 Å². The van der Waals surface area contributed by atoms with Crippen LogP contribution in [-0.2, 0) is 0 Å². The van der Waals surface area contributed by atoms with E-state index in [9.17, 15) is 4.39 Å². The monoisotopic (exact) mass is 289 g/mol. The molecule has 1 atom stereocenters. The molecule has 0 bridgehead atoms. The van der Waals surface area contributed by atoms with Crippen molar-refractivity contribution in [2.45, 2.75) is 13.0 Å². The fourth-order valence-corrected chi connectivity index (χ4v) is 2.45. The van der Waals surface area contributed by atoms with Crippen LogP contribution in [0.25, 0.3) is 0 Å². The van der Waals surface area contributed by atoms with Gasteiger partial charge in [-0.05, 0) is 37.2 Å². The first-order valence-corrected chi connectivity index (χ1v) is 6.76. The van der Waals surface area contributed by atoms with Crippen molar-refractivity contribution >= 4 is 0 Å². The van der Waals surface area contributed by atoms with E-state index < -0.39 is 0 Å². The van der Waals surface area contributed by atoms with E-state index in [1.54, 1.807) is 19.2 Å². The highest BCUT2D eigenvalue weighted by Crippen LogP contribution is 2.29. The summed E-state index contributed by atoms with van der Waals surface area (Å²) in [6.45, 7) is 1.97. The average Bonchev–Trinajstić information content (AvgIpc) is 2.49. The van der Waals surface area contributed by atoms with Gasteiger partial charge in [0.15, 0.2) is 0 Å². The predicted octanol–water partition coefficient (Wildman–Crippen LogP) is 3.46. The number of halogens is 1. The fraction of sp³-hybridized carbons (Fsp3) is 0.294. The number of ether oxygens (including phenoxy) is 2. The standard InChI is InChI=1S/C17H20FNO2/c1-11-9-12(5-8-16(11)21-4)17(19-2)14-7-6-13(20-3)10-15(14)18/h5-10,17,19H,1-4H3. The fourth-order valence-electron chi connectivity index (χ4n) is 2.45. The SMILES string of the molecule is CNC(c1ccc(OC)c(C)c1)c1ccc(OC)cc1F. The van der Waals surface area contributed by atoms with Gasteiger partial charge in [0.1, 0.15) is 17.3 Å². The second-order valence-corrected chi connectivity index (χ2v) is 4.84. The van der Waals surface area contributed by atoms with Gasteiger partial charge in [0.25, 0.3) is 0 Å². The van der Waals surface area contributed by atoms with Gasteiger partial charge >= 0.3 is 0 Å². The van der Waals surface area contributed by atoms with Crippen LogP contribution in [0.2, 0.25) is 0 Å². The minimum atomic E-state index is -0.290. The van der Waals surface area contributed by atoms with Crippen LogP contribution < -0.4 is 14.8 Å². The summed E-state index contributed by atoms with van der Waals surface area (Å²) in [4.78, 5) is 0.